The first-order chi connectivity index (χ1) is 8.56. The number of halogens is 3. The lowest BCUT2D eigenvalue weighted by Gasteiger charge is -2.10. The molecule has 0 spiro atoms. The smallest absolute Gasteiger partial charge is 0.0638 e. The molecule has 0 amide bonds. The maximum atomic E-state index is 6.19. The average molecular weight is 392 g/mol. The Kier molecular flexibility index (Phi) is 4.76. The highest BCUT2D eigenvalue weighted by molar-refractivity contribution is 14.1. The van der Waals surface area contributed by atoms with Crippen molar-refractivity contribution in [1.82, 2.24) is 0 Å². The Labute approximate surface area is 131 Å². The lowest BCUT2D eigenvalue weighted by molar-refractivity contribution is 1.14. The fourth-order valence-corrected chi connectivity index (χ4v) is 2.60. The molecule has 0 radical (unpaired) electrons. The van der Waals surface area contributed by atoms with E-state index in [0.717, 1.165) is 30.4 Å². The number of anilines is 1. The Hall–Kier alpha value is -0.450. The molecule has 4 heteroatoms. The Morgan fingerprint density at radius 1 is 1.06 bits per heavy atom. The van der Waals surface area contributed by atoms with Crippen LogP contribution in [-0.4, -0.2) is 0 Å². The van der Waals surface area contributed by atoms with Gasteiger partial charge in [-0.1, -0.05) is 35.3 Å². The number of hydrogen-bond donors (Lipinski definition) is 1. The van der Waals surface area contributed by atoms with Crippen molar-refractivity contribution in [2.75, 3.05) is 5.32 Å². The average Bonchev–Trinajstić information content (AvgIpc) is 2.32. The summed E-state index contributed by atoms with van der Waals surface area (Å²) in [6, 6.07) is 11.9. The normalized spacial score (nSPS) is 10.4. The number of benzene rings is 2. The van der Waals surface area contributed by atoms with E-state index in [-0.39, 0.29) is 0 Å². The Balaban J connectivity index is 2.13. The number of rotatable bonds is 3. The largest absolute Gasteiger partial charge is 0.380 e. The summed E-state index contributed by atoms with van der Waals surface area (Å²) in [6.07, 6.45) is 0. The molecule has 1 nitrogen and oxygen atoms in total. The van der Waals surface area contributed by atoms with Gasteiger partial charge in [-0.15, -0.1) is 0 Å². The third-order valence-electron chi connectivity index (χ3n) is 2.61. The highest BCUT2D eigenvalue weighted by Crippen LogP contribution is 2.25. The van der Waals surface area contributed by atoms with Gasteiger partial charge in [0.15, 0.2) is 0 Å². The van der Waals surface area contributed by atoms with Crippen molar-refractivity contribution in [1.29, 1.82) is 0 Å². The second-order valence-electron chi connectivity index (χ2n) is 4.07. The fraction of sp³-hybridized carbons (Fsp3) is 0.143. The molecule has 94 valence electrons. The second kappa shape index (κ2) is 6.13. The van der Waals surface area contributed by atoms with Crippen molar-refractivity contribution < 1.29 is 0 Å². The van der Waals surface area contributed by atoms with Crippen LogP contribution in [0, 0.1) is 10.5 Å². The van der Waals surface area contributed by atoms with E-state index in [1.165, 1.54) is 0 Å². The van der Waals surface area contributed by atoms with Crippen molar-refractivity contribution in [2.45, 2.75) is 13.5 Å². The van der Waals surface area contributed by atoms with E-state index in [1.807, 2.05) is 37.3 Å². The van der Waals surface area contributed by atoms with Crippen LogP contribution in [0.4, 0.5) is 5.69 Å². The summed E-state index contributed by atoms with van der Waals surface area (Å²) < 4.78 is 1.15. The van der Waals surface area contributed by atoms with Gasteiger partial charge in [-0.3, -0.25) is 0 Å². The van der Waals surface area contributed by atoms with Crippen molar-refractivity contribution in [3.05, 3.63) is 61.1 Å². The molecule has 0 aromatic heterocycles. The first-order valence-electron chi connectivity index (χ1n) is 5.50. The van der Waals surface area contributed by atoms with Crippen LogP contribution in [0.2, 0.25) is 10.0 Å². The summed E-state index contributed by atoms with van der Waals surface area (Å²) >= 11 is 14.6. The van der Waals surface area contributed by atoms with Crippen LogP contribution in [0.3, 0.4) is 0 Å². The molecule has 2 aromatic carbocycles. The summed E-state index contributed by atoms with van der Waals surface area (Å²) in [5.41, 5.74) is 3.16. The molecule has 0 aliphatic rings. The predicted molar refractivity (Wildman–Crippen MR) is 87.7 cm³/mol. The van der Waals surface area contributed by atoms with Gasteiger partial charge in [-0.25, -0.2) is 0 Å². The summed E-state index contributed by atoms with van der Waals surface area (Å²) in [6.45, 7) is 2.69. The molecule has 0 saturated carbocycles. The van der Waals surface area contributed by atoms with Crippen molar-refractivity contribution in [2.24, 2.45) is 0 Å². The van der Waals surface area contributed by atoms with Gasteiger partial charge in [0.25, 0.3) is 0 Å². The van der Waals surface area contributed by atoms with Crippen molar-refractivity contribution in [3.8, 4) is 0 Å². The van der Waals surface area contributed by atoms with Crippen LogP contribution in [0.25, 0.3) is 0 Å². The van der Waals surface area contributed by atoms with Gasteiger partial charge < -0.3 is 5.32 Å². The second-order valence-corrected chi connectivity index (χ2v) is 6.13. The Bertz CT molecular complexity index is 570. The zero-order valence-corrected chi connectivity index (χ0v) is 13.5. The van der Waals surface area contributed by atoms with Crippen LogP contribution in [0.5, 0.6) is 0 Å². The molecule has 0 fully saturated rings. The van der Waals surface area contributed by atoms with E-state index in [1.54, 1.807) is 0 Å². The zero-order valence-electron chi connectivity index (χ0n) is 9.81. The van der Waals surface area contributed by atoms with E-state index in [2.05, 4.69) is 34.0 Å². The van der Waals surface area contributed by atoms with Gasteiger partial charge in [0.05, 0.1) is 10.7 Å². The van der Waals surface area contributed by atoms with E-state index in [0.29, 0.717) is 6.54 Å². The van der Waals surface area contributed by atoms with Gasteiger partial charge in [-0.2, -0.15) is 0 Å². The van der Waals surface area contributed by atoms with Gasteiger partial charge in [0.1, 0.15) is 0 Å². The lowest BCUT2D eigenvalue weighted by atomic mass is 10.1. The van der Waals surface area contributed by atoms with Gasteiger partial charge in [-0.05, 0) is 64.9 Å². The Morgan fingerprint density at radius 2 is 1.83 bits per heavy atom. The maximum Gasteiger partial charge on any atom is 0.0638 e. The topological polar surface area (TPSA) is 12.0 Å². The molecule has 0 saturated heterocycles. The number of hydrogen-bond acceptors (Lipinski definition) is 1. The standard InChI is InChI=1S/C14H12Cl2IN/c1-9-2-3-10(13(16)6-9)8-18-14-7-11(17)4-5-12(14)15/h2-7,18H,8H2,1H3. The van der Waals surface area contributed by atoms with Crippen molar-refractivity contribution >= 4 is 51.5 Å². The molecule has 2 aromatic rings. The van der Waals surface area contributed by atoms with Gasteiger partial charge in [0, 0.05) is 15.1 Å². The summed E-state index contributed by atoms with van der Waals surface area (Å²) in [7, 11) is 0. The maximum absolute atomic E-state index is 6.19. The van der Waals surface area contributed by atoms with Crippen LogP contribution in [0.15, 0.2) is 36.4 Å². The van der Waals surface area contributed by atoms with E-state index in [9.17, 15) is 0 Å². The third-order valence-corrected chi connectivity index (χ3v) is 3.96. The fourth-order valence-electron chi connectivity index (χ4n) is 1.62. The van der Waals surface area contributed by atoms with Crippen LogP contribution in [-0.2, 0) is 6.54 Å². The number of aryl methyl sites for hydroxylation is 1. The molecule has 1 N–H and O–H groups in total. The molecule has 0 aliphatic heterocycles. The van der Waals surface area contributed by atoms with Gasteiger partial charge >= 0.3 is 0 Å². The van der Waals surface area contributed by atoms with E-state index < -0.39 is 0 Å². The summed E-state index contributed by atoms with van der Waals surface area (Å²) in [5.74, 6) is 0. The molecule has 0 aliphatic carbocycles. The van der Waals surface area contributed by atoms with Crippen LogP contribution < -0.4 is 5.32 Å². The van der Waals surface area contributed by atoms with E-state index >= 15 is 0 Å². The molecule has 18 heavy (non-hydrogen) atoms. The zero-order chi connectivity index (χ0) is 13.1. The van der Waals surface area contributed by atoms with E-state index in [4.69, 9.17) is 23.2 Å². The molecule has 0 heterocycles. The molecule has 0 bridgehead atoms. The highest BCUT2D eigenvalue weighted by Gasteiger charge is 2.03. The van der Waals surface area contributed by atoms with Crippen molar-refractivity contribution in [3.63, 3.8) is 0 Å². The minimum Gasteiger partial charge on any atom is -0.380 e. The monoisotopic (exact) mass is 391 g/mol. The minimum atomic E-state index is 0.666. The first-order valence-corrected chi connectivity index (χ1v) is 7.33. The Morgan fingerprint density at radius 3 is 2.56 bits per heavy atom. The van der Waals surface area contributed by atoms with Gasteiger partial charge in [0.2, 0.25) is 0 Å². The summed E-state index contributed by atoms with van der Waals surface area (Å²) in [4.78, 5) is 0. The minimum absolute atomic E-state index is 0.666. The van der Waals surface area contributed by atoms with Crippen LogP contribution in [0.1, 0.15) is 11.1 Å². The third kappa shape index (κ3) is 3.53. The quantitative estimate of drug-likeness (QED) is 0.679. The number of nitrogens with one attached hydrogen (secondary N) is 1. The molecule has 2 rings (SSSR count). The predicted octanol–water partition coefficient (Wildman–Crippen LogP) is 5.52. The van der Waals surface area contributed by atoms with Crippen LogP contribution >= 0.6 is 45.8 Å². The molecule has 0 atom stereocenters. The SMILES string of the molecule is Cc1ccc(CNc2cc(I)ccc2Cl)c(Cl)c1. The molecular formula is C14H12Cl2IN. The molecular weight excluding hydrogens is 380 g/mol. The molecule has 0 unspecified atom stereocenters. The first kappa shape index (κ1) is 14.0. The highest BCUT2D eigenvalue weighted by atomic mass is 127. The summed E-state index contributed by atoms with van der Waals surface area (Å²) in [5, 5.41) is 4.81. The lowest BCUT2D eigenvalue weighted by Crippen LogP contribution is -2.01.